The lowest BCUT2D eigenvalue weighted by molar-refractivity contribution is -0.121. The number of aryl methyl sites for hydroxylation is 1. The summed E-state index contributed by atoms with van der Waals surface area (Å²) in [6.45, 7) is 0.815. The van der Waals surface area contributed by atoms with Crippen LogP contribution >= 0.6 is 11.6 Å². The number of hydrogen-bond donors (Lipinski definition) is 2. The van der Waals surface area contributed by atoms with Gasteiger partial charge in [-0.2, -0.15) is 5.10 Å². The first-order valence-corrected chi connectivity index (χ1v) is 9.31. The summed E-state index contributed by atoms with van der Waals surface area (Å²) >= 11 is 5.83. The van der Waals surface area contributed by atoms with Gasteiger partial charge in [0.15, 0.2) is 0 Å². The minimum Gasteiger partial charge on any atom is -0.353 e. The predicted octanol–water partition coefficient (Wildman–Crippen LogP) is 2.97. The van der Waals surface area contributed by atoms with Gasteiger partial charge in [-0.05, 0) is 49.4 Å². The lowest BCUT2D eigenvalue weighted by Gasteiger charge is -2.29. The van der Waals surface area contributed by atoms with Crippen LogP contribution in [0.5, 0.6) is 0 Å². The topological polar surface area (TPSA) is 59.0 Å². The second kappa shape index (κ2) is 8.64. The molecule has 0 atom stereocenters. The Morgan fingerprint density at radius 2 is 1.96 bits per heavy atom. The van der Waals surface area contributed by atoms with Crippen molar-refractivity contribution in [3.63, 3.8) is 0 Å². The van der Waals surface area contributed by atoms with Crippen LogP contribution < -0.4 is 10.6 Å². The fraction of sp³-hybridized carbons (Fsp3) is 0.474. The summed E-state index contributed by atoms with van der Waals surface area (Å²) in [5, 5.41) is 11.1. The Kier molecular flexibility index (Phi) is 6.27. The number of rotatable bonds is 6. The number of carbonyl (C=O) groups is 1. The van der Waals surface area contributed by atoms with Gasteiger partial charge < -0.3 is 10.6 Å². The molecule has 5 nitrogen and oxygen atoms in total. The molecule has 0 radical (unpaired) electrons. The Labute approximate surface area is 157 Å². The number of carbonyl (C=O) groups excluding carboxylic acids is 1. The molecule has 1 heterocycles. The zero-order valence-corrected chi connectivity index (χ0v) is 15.6. The quantitative estimate of drug-likeness (QED) is 0.812. The van der Waals surface area contributed by atoms with E-state index in [1.165, 1.54) is 17.7 Å². The van der Waals surface area contributed by atoms with Crippen LogP contribution in [-0.2, 0) is 24.8 Å². The molecule has 1 aliphatic carbocycles. The number of hydrogen-bond acceptors (Lipinski definition) is 3. The van der Waals surface area contributed by atoms with Crippen LogP contribution in [0, 0.1) is 5.82 Å². The van der Waals surface area contributed by atoms with Gasteiger partial charge >= 0.3 is 0 Å². The van der Waals surface area contributed by atoms with Crippen LogP contribution in [0.2, 0.25) is 5.02 Å². The fourth-order valence-corrected chi connectivity index (χ4v) is 3.69. The molecule has 2 aromatic rings. The summed E-state index contributed by atoms with van der Waals surface area (Å²) < 4.78 is 15.1. The van der Waals surface area contributed by atoms with Crippen molar-refractivity contribution in [3.8, 4) is 0 Å². The minimum absolute atomic E-state index is 0.0848. The molecule has 0 spiro atoms. The Balaban J connectivity index is 1.39. The Morgan fingerprint density at radius 3 is 2.62 bits per heavy atom. The second-order valence-corrected chi connectivity index (χ2v) is 7.41. The third-order valence-corrected chi connectivity index (χ3v) is 4.95. The zero-order chi connectivity index (χ0) is 18.5. The maximum absolute atomic E-state index is 13.3. The van der Waals surface area contributed by atoms with Gasteiger partial charge in [-0.25, -0.2) is 4.39 Å². The normalized spacial score (nSPS) is 20.1. The summed E-state index contributed by atoms with van der Waals surface area (Å²) in [6, 6.07) is 4.87. The van der Waals surface area contributed by atoms with Gasteiger partial charge in [-0.3, -0.25) is 9.48 Å². The minimum atomic E-state index is -0.416. The monoisotopic (exact) mass is 378 g/mol. The van der Waals surface area contributed by atoms with Crippen LogP contribution in [0.15, 0.2) is 30.6 Å². The number of aromatic nitrogens is 2. The van der Waals surface area contributed by atoms with Crippen LogP contribution in [0.4, 0.5) is 4.39 Å². The first-order chi connectivity index (χ1) is 12.5. The number of nitrogens with zero attached hydrogens (tertiary/aromatic N) is 2. The van der Waals surface area contributed by atoms with Crippen LogP contribution in [0.1, 0.15) is 36.8 Å². The number of nitrogens with one attached hydrogen (secondary N) is 2. The third-order valence-electron chi connectivity index (χ3n) is 4.73. The van der Waals surface area contributed by atoms with E-state index in [1.807, 2.05) is 19.4 Å². The molecular formula is C19H24ClFN4O. The molecule has 3 rings (SSSR count). The Hall–Kier alpha value is -1.92. The highest BCUT2D eigenvalue weighted by Crippen LogP contribution is 2.20. The molecule has 0 bridgehead atoms. The van der Waals surface area contributed by atoms with E-state index in [4.69, 9.17) is 11.6 Å². The van der Waals surface area contributed by atoms with E-state index in [0.717, 1.165) is 32.2 Å². The van der Waals surface area contributed by atoms with Crippen molar-refractivity contribution in [1.29, 1.82) is 0 Å². The van der Waals surface area contributed by atoms with Gasteiger partial charge in [-0.15, -0.1) is 0 Å². The SMILES string of the molecule is Cn1cc(CN[C@H]2CC[C@H](NC(=O)Cc3cc(F)cc(Cl)c3)CC2)cn1. The van der Waals surface area contributed by atoms with Gasteiger partial charge in [0.05, 0.1) is 12.6 Å². The standard InChI is InChI=1S/C19H24ClFN4O/c1-25-12-14(11-23-25)10-22-17-2-4-18(5-3-17)24-19(26)8-13-6-15(20)9-16(21)7-13/h6-7,9,11-12,17-18,22H,2-5,8,10H2,1H3,(H,24,26)/t17-,18-. The molecule has 1 aromatic heterocycles. The molecule has 0 aliphatic heterocycles. The number of halogens is 2. The van der Waals surface area contributed by atoms with E-state index in [2.05, 4.69) is 15.7 Å². The maximum Gasteiger partial charge on any atom is 0.224 e. The highest BCUT2D eigenvalue weighted by molar-refractivity contribution is 6.30. The number of amides is 1. The molecule has 0 unspecified atom stereocenters. The van der Waals surface area contributed by atoms with Crippen molar-refractivity contribution < 1.29 is 9.18 Å². The van der Waals surface area contributed by atoms with Crippen molar-refractivity contribution in [1.82, 2.24) is 20.4 Å². The van der Waals surface area contributed by atoms with Crippen LogP contribution in [0.3, 0.4) is 0 Å². The highest BCUT2D eigenvalue weighted by atomic mass is 35.5. The van der Waals surface area contributed by atoms with E-state index in [9.17, 15) is 9.18 Å². The van der Waals surface area contributed by atoms with Crippen molar-refractivity contribution in [2.75, 3.05) is 0 Å². The Bertz CT molecular complexity index is 735. The summed E-state index contributed by atoms with van der Waals surface area (Å²) in [5.74, 6) is -0.501. The summed E-state index contributed by atoms with van der Waals surface area (Å²) in [5.41, 5.74) is 1.77. The maximum atomic E-state index is 13.3. The molecule has 1 amide bonds. The van der Waals surface area contributed by atoms with Gasteiger partial charge in [0.25, 0.3) is 0 Å². The molecule has 1 aliphatic rings. The lowest BCUT2D eigenvalue weighted by atomic mass is 9.91. The molecule has 1 aromatic carbocycles. The summed E-state index contributed by atoms with van der Waals surface area (Å²) in [7, 11) is 1.91. The summed E-state index contributed by atoms with van der Waals surface area (Å²) in [6.07, 6.45) is 7.97. The molecule has 1 fully saturated rings. The van der Waals surface area contributed by atoms with Crippen molar-refractivity contribution >= 4 is 17.5 Å². The largest absolute Gasteiger partial charge is 0.353 e. The average molecular weight is 379 g/mol. The van der Waals surface area contributed by atoms with Gasteiger partial charge in [0.1, 0.15) is 5.82 Å². The van der Waals surface area contributed by atoms with Gasteiger partial charge in [0.2, 0.25) is 5.91 Å². The predicted molar refractivity (Wildman–Crippen MR) is 99.3 cm³/mol. The highest BCUT2D eigenvalue weighted by Gasteiger charge is 2.22. The molecular weight excluding hydrogens is 355 g/mol. The van der Waals surface area contributed by atoms with Gasteiger partial charge in [-0.1, -0.05) is 11.6 Å². The van der Waals surface area contributed by atoms with Crippen molar-refractivity contribution in [2.45, 2.75) is 50.7 Å². The van der Waals surface area contributed by atoms with E-state index in [1.54, 1.807) is 10.7 Å². The van der Waals surface area contributed by atoms with Crippen LogP contribution in [0.25, 0.3) is 0 Å². The second-order valence-electron chi connectivity index (χ2n) is 6.97. The average Bonchev–Trinajstić information content (AvgIpc) is 2.98. The van der Waals surface area contributed by atoms with Crippen LogP contribution in [-0.4, -0.2) is 27.8 Å². The fourth-order valence-electron chi connectivity index (χ4n) is 3.44. The van der Waals surface area contributed by atoms with E-state index < -0.39 is 5.82 Å². The lowest BCUT2D eigenvalue weighted by Crippen LogP contribution is -2.42. The first-order valence-electron chi connectivity index (χ1n) is 8.93. The number of benzene rings is 1. The van der Waals surface area contributed by atoms with E-state index in [-0.39, 0.29) is 18.4 Å². The van der Waals surface area contributed by atoms with E-state index >= 15 is 0 Å². The molecule has 26 heavy (non-hydrogen) atoms. The zero-order valence-electron chi connectivity index (χ0n) is 14.8. The molecule has 140 valence electrons. The molecule has 1 saturated carbocycles. The Morgan fingerprint density at radius 1 is 1.23 bits per heavy atom. The molecule has 0 saturated heterocycles. The third kappa shape index (κ3) is 5.54. The van der Waals surface area contributed by atoms with E-state index in [0.29, 0.717) is 16.6 Å². The van der Waals surface area contributed by atoms with Crippen molar-refractivity contribution in [2.24, 2.45) is 7.05 Å². The molecule has 2 N–H and O–H groups in total. The smallest absolute Gasteiger partial charge is 0.224 e. The molecule has 7 heteroatoms. The first kappa shape index (κ1) is 18.9. The van der Waals surface area contributed by atoms with Crippen molar-refractivity contribution in [3.05, 3.63) is 52.6 Å². The summed E-state index contributed by atoms with van der Waals surface area (Å²) in [4.78, 5) is 12.2. The van der Waals surface area contributed by atoms with Gasteiger partial charge in [0, 0.05) is 42.5 Å².